The lowest BCUT2D eigenvalue weighted by Gasteiger charge is -2.40. The van der Waals surface area contributed by atoms with Crippen molar-refractivity contribution in [1.29, 1.82) is 0 Å². The van der Waals surface area contributed by atoms with Gasteiger partial charge in [0.15, 0.2) is 9.84 Å². The fourth-order valence-corrected chi connectivity index (χ4v) is 5.71. The van der Waals surface area contributed by atoms with Gasteiger partial charge in [-0.05, 0) is 25.9 Å². The van der Waals surface area contributed by atoms with Crippen LogP contribution in [0.15, 0.2) is 0 Å². The zero-order valence-electron chi connectivity index (χ0n) is 11.5. The summed E-state index contributed by atoms with van der Waals surface area (Å²) >= 11 is 0. The molecule has 0 aromatic rings. The Bertz CT molecular complexity index is 368. The van der Waals surface area contributed by atoms with Crippen molar-refractivity contribution in [3.8, 4) is 0 Å². The van der Waals surface area contributed by atoms with Gasteiger partial charge in [-0.3, -0.25) is 9.80 Å². The van der Waals surface area contributed by atoms with Gasteiger partial charge in [0.05, 0.1) is 24.7 Å². The van der Waals surface area contributed by atoms with Crippen LogP contribution in [-0.2, 0) is 14.6 Å². The molecule has 0 aliphatic carbocycles. The first-order valence-corrected chi connectivity index (χ1v) is 9.24. The molecule has 0 spiro atoms. The van der Waals surface area contributed by atoms with Gasteiger partial charge in [0.2, 0.25) is 0 Å². The summed E-state index contributed by atoms with van der Waals surface area (Å²) in [6, 6.07) is 0.399. The average Bonchev–Trinajstić information content (AvgIpc) is 2.77. The summed E-state index contributed by atoms with van der Waals surface area (Å²) in [7, 11) is -2.87. The molecule has 0 radical (unpaired) electrons. The summed E-state index contributed by atoms with van der Waals surface area (Å²) in [6.07, 6.45) is 3.72. The molecule has 110 valence electrons. The number of likely N-dealkylation sites (tertiary alicyclic amines) is 1. The molecule has 3 fully saturated rings. The molecule has 0 N–H and O–H groups in total. The predicted molar refractivity (Wildman–Crippen MR) is 74.0 cm³/mol. The van der Waals surface area contributed by atoms with Gasteiger partial charge < -0.3 is 4.74 Å². The first kappa shape index (κ1) is 13.8. The zero-order chi connectivity index (χ0) is 13.3. The quantitative estimate of drug-likeness (QED) is 0.714. The largest absolute Gasteiger partial charge is 0.379 e. The van der Waals surface area contributed by atoms with Crippen molar-refractivity contribution in [3.05, 3.63) is 0 Å². The zero-order valence-corrected chi connectivity index (χ0v) is 12.3. The number of ether oxygens (including phenoxy) is 1. The van der Waals surface area contributed by atoms with Crippen molar-refractivity contribution >= 4 is 9.84 Å². The minimum absolute atomic E-state index is 0.187. The highest BCUT2D eigenvalue weighted by atomic mass is 32.2. The third-order valence-electron chi connectivity index (χ3n) is 4.67. The molecule has 19 heavy (non-hydrogen) atoms. The molecule has 0 bridgehead atoms. The van der Waals surface area contributed by atoms with Crippen LogP contribution in [0.2, 0.25) is 0 Å². The number of hydrogen-bond acceptors (Lipinski definition) is 5. The van der Waals surface area contributed by atoms with E-state index in [1.54, 1.807) is 0 Å². The molecule has 0 unspecified atom stereocenters. The maximum atomic E-state index is 12.1. The Morgan fingerprint density at radius 3 is 1.89 bits per heavy atom. The fraction of sp³-hybridized carbons (Fsp3) is 1.00. The van der Waals surface area contributed by atoms with Gasteiger partial charge in [-0.15, -0.1) is 0 Å². The van der Waals surface area contributed by atoms with Crippen LogP contribution >= 0.6 is 0 Å². The SMILES string of the molecule is O=S1(=O)C[C@@H](N2CCOCC2)[C@@H](N2CCCCC2)C1. The maximum absolute atomic E-state index is 12.1. The van der Waals surface area contributed by atoms with Crippen molar-refractivity contribution in [2.24, 2.45) is 0 Å². The molecule has 5 nitrogen and oxygen atoms in total. The first-order chi connectivity index (χ1) is 9.16. The highest BCUT2D eigenvalue weighted by Gasteiger charge is 2.44. The standard InChI is InChI=1S/C13H24N2O3S/c16-19(17)10-12(14-4-2-1-3-5-14)13(11-19)15-6-8-18-9-7-15/h12-13H,1-11H2/t12-,13+/m0/s1. The number of piperidine rings is 1. The van der Waals surface area contributed by atoms with Gasteiger partial charge in [-0.25, -0.2) is 8.42 Å². The monoisotopic (exact) mass is 288 g/mol. The molecule has 0 aromatic carbocycles. The van der Waals surface area contributed by atoms with Crippen LogP contribution in [0.25, 0.3) is 0 Å². The minimum Gasteiger partial charge on any atom is -0.379 e. The molecule has 2 atom stereocenters. The molecular formula is C13H24N2O3S. The van der Waals surface area contributed by atoms with Crippen molar-refractivity contribution in [1.82, 2.24) is 9.80 Å². The number of sulfone groups is 1. The fourth-order valence-electron chi connectivity index (χ4n) is 3.67. The molecule has 3 heterocycles. The smallest absolute Gasteiger partial charge is 0.153 e. The molecule has 3 aliphatic rings. The number of rotatable bonds is 2. The van der Waals surface area contributed by atoms with E-state index in [9.17, 15) is 8.42 Å². The first-order valence-electron chi connectivity index (χ1n) is 7.42. The van der Waals surface area contributed by atoms with Crippen LogP contribution in [-0.4, -0.2) is 81.2 Å². The average molecular weight is 288 g/mol. The van der Waals surface area contributed by atoms with Crippen LogP contribution in [0.1, 0.15) is 19.3 Å². The summed E-state index contributed by atoms with van der Waals surface area (Å²) in [5, 5.41) is 0. The summed E-state index contributed by atoms with van der Waals surface area (Å²) in [5.74, 6) is 0.698. The summed E-state index contributed by atoms with van der Waals surface area (Å²) < 4.78 is 29.5. The Hall–Kier alpha value is -0.170. The maximum Gasteiger partial charge on any atom is 0.153 e. The predicted octanol–water partition coefficient (Wildman–Crippen LogP) is -0.0299. The van der Waals surface area contributed by atoms with Crippen molar-refractivity contribution < 1.29 is 13.2 Å². The van der Waals surface area contributed by atoms with Crippen molar-refractivity contribution in [2.45, 2.75) is 31.3 Å². The van der Waals surface area contributed by atoms with E-state index >= 15 is 0 Å². The third kappa shape index (κ3) is 3.12. The van der Waals surface area contributed by atoms with Crippen LogP contribution in [0.5, 0.6) is 0 Å². The van der Waals surface area contributed by atoms with Gasteiger partial charge >= 0.3 is 0 Å². The lowest BCUT2D eigenvalue weighted by molar-refractivity contribution is 0.000663. The van der Waals surface area contributed by atoms with E-state index in [-0.39, 0.29) is 12.1 Å². The second-order valence-electron chi connectivity index (χ2n) is 5.96. The van der Waals surface area contributed by atoms with E-state index in [0.717, 1.165) is 39.4 Å². The Labute approximate surface area is 115 Å². The summed E-state index contributed by atoms with van der Waals surface area (Å²) in [6.45, 7) is 5.38. The van der Waals surface area contributed by atoms with Gasteiger partial charge in [0, 0.05) is 25.2 Å². The minimum atomic E-state index is -2.87. The number of hydrogen-bond donors (Lipinski definition) is 0. The normalized spacial score (nSPS) is 37.5. The Morgan fingerprint density at radius 2 is 1.32 bits per heavy atom. The van der Waals surface area contributed by atoms with Gasteiger partial charge in [0.25, 0.3) is 0 Å². The van der Waals surface area contributed by atoms with E-state index in [0.29, 0.717) is 11.5 Å². The Morgan fingerprint density at radius 1 is 0.789 bits per heavy atom. The summed E-state index contributed by atoms with van der Waals surface area (Å²) in [5.41, 5.74) is 0. The molecule has 3 saturated heterocycles. The molecule has 3 aliphatic heterocycles. The second kappa shape index (κ2) is 5.68. The van der Waals surface area contributed by atoms with Gasteiger partial charge in [-0.1, -0.05) is 6.42 Å². The topological polar surface area (TPSA) is 49.9 Å². The molecule has 3 rings (SSSR count). The van der Waals surface area contributed by atoms with Gasteiger partial charge in [0.1, 0.15) is 0 Å². The molecule has 0 aromatic heterocycles. The Kier molecular flexibility index (Phi) is 4.12. The second-order valence-corrected chi connectivity index (χ2v) is 8.11. The van der Waals surface area contributed by atoms with E-state index in [4.69, 9.17) is 4.74 Å². The lowest BCUT2D eigenvalue weighted by Crippen LogP contribution is -2.55. The van der Waals surface area contributed by atoms with Crippen LogP contribution in [0.4, 0.5) is 0 Å². The molecule has 0 amide bonds. The van der Waals surface area contributed by atoms with Crippen molar-refractivity contribution in [3.63, 3.8) is 0 Å². The van der Waals surface area contributed by atoms with E-state index < -0.39 is 9.84 Å². The molecule has 6 heteroatoms. The summed E-state index contributed by atoms with van der Waals surface area (Å²) in [4.78, 5) is 4.77. The highest BCUT2D eigenvalue weighted by molar-refractivity contribution is 7.91. The Balaban J connectivity index is 1.74. The van der Waals surface area contributed by atoms with Crippen molar-refractivity contribution in [2.75, 3.05) is 50.9 Å². The van der Waals surface area contributed by atoms with Crippen LogP contribution in [0, 0.1) is 0 Å². The van der Waals surface area contributed by atoms with Crippen LogP contribution < -0.4 is 0 Å². The third-order valence-corrected chi connectivity index (χ3v) is 6.37. The van der Waals surface area contributed by atoms with Crippen LogP contribution in [0.3, 0.4) is 0 Å². The van der Waals surface area contributed by atoms with E-state index in [1.165, 1.54) is 19.3 Å². The lowest BCUT2D eigenvalue weighted by atomic mass is 10.0. The van der Waals surface area contributed by atoms with Gasteiger partial charge in [-0.2, -0.15) is 0 Å². The molecular weight excluding hydrogens is 264 g/mol. The number of nitrogens with zero attached hydrogens (tertiary/aromatic N) is 2. The van der Waals surface area contributed by atoms with E-state index in [1.807, 2.05) is 0 Å². The molecule has 0 saturated carbocycles. The number of morpholine rings is 1. The van der Waals surface area contributed by atoms with E-state index in [2.05, 4.69) is 9.80 Å². The highest BCUT2D eigenvalue weighted by Crippen LogP contribution is 2.26.